The zero-order valence-electron chi connectivity index (χ0n) is 17.0. The van der Waals surface area contributed by atoms with Crippen molar-refractivity contribution in [2.24, 2.45) is 5.41 Å². The molecule has 156 valence electrons. The van der Waals surface area contributed by atoms with Crippen LogP contribution in [-0.4, -0.2) is 36.2 Å². The van der Waals surface area contributed by atoms with E-state index in [0.29, 0.717) is 18.3 Å². The second kappa shape index (κ2) is 7.43. The van der Waals surface area contributed by atoms with Crippen LogP contribution in [0.15, 0.2) is 46.9 Å². The van der Waals surface area contributed by atoms with Crippen LogP contribution >= 0.6 is 28.1 Å². The van der Waals surface area contributed by atoms with Gasteiger partial charge in [0, 0.05) is 17.0 Å². The number of fused-ring (bicyclic) bond motifs is 4. The summed E-state index contributed by atoms with van der Waals surface area (Å²) >= 11 is 9.32. The van der Waals surface area contributed by atoms with Gasteiger partial charge in [-0.2, -0.15) is 0 Å². The number of aryl methyl sites for hydroxylation is 2. The number of benzene rings is 2. The van der Waals surface area contributed by atoms with Crippen LogP contribution in [0.5, 0.6) is 0 Å². The van der Waals surface area contributed by atoms with E-state index in [4.69, 9.17) is 17.0 Å². The fourth-order valence-corrected chi connectivity index (χ4v) is 6.50. The van der Waals surface area contributed by atoms with Gasteiger partial charge in [-0.3, -0.25) is 9.69 Å². The predicted molar refractivity (Wildman–Crippen MR) is 124 cm³/mol. The summed E-state index contributed by atoms with van der Waals surface area (Å²) in [7, 11) is 1.65. The van der Waals surface area contributed by atoms with E-state index in [1.165, 1.54) is 16.7 Å². The molecule has 2 aromatic carbocycles. The fourth-order valence-electron chi connectivity index (χ4n) is 5.81. The molecule has 1 N–H and O–H groups in total. The Balaban J connectivity index is 1.63. The average molecular weight is 485 g/mol. The van der Waals surface area contributed by atoms with E-state index in [1.54, 1.807) is 12.0 Å². The summed E-state index contributed by atoms with van der Waals surface area (Å²) in [6.45, 7) is 0.940. The SMILES string of the molecule is COCCN1C(=O)C2(NC1=S)c1cc(Br)ccc1CC21CCc2ccccc2CC1. The maximum absolute atomic E-state index is 14.1. The number of carbonyl (C=O) groups excluding carboxylic acids is 1. The van der Waals surface area contributed by atoms with Crippen molar-refractivity contribution >= 4 is 39.2 Å². The van der Waals surface area contributed by atoms with Gasteiger partial charge in [-0.15, -0.1) is 0 Å². The molecule has 5 rings (SSSR count). The molecule has 0 bridgehead atoms. The first-order chi connectivity index (χ1) is 14.5. The standard InChI is InChI=1S/C24H25BrN2O2S/c1-29-13-12-27-21(28)24(26-22(27)30)20-14-19(25)7-6-18(20)15-23(24)10-8-16-4-2-3-5-17(16)9-11-23/h2-7,14H,8-13,15H2,1H3,(H,26,30). The van der Waals surface area contributed by atoms with E-state index in [1.807, 2.05) is 0 Å². The summed E-state index contributed by atoms with van der Waals surface area (Å²) in [5.74, 6) is 0.0763. The van der Waals surface area contributed by atoms with Crippen molar-refractivity contribution in [3.8, 4) is 0 Å². The average Bonchev–Trinajstić information content (AvgIpc) is 3.05. The number of methoxy groups -OCH3 is 1. The molecule has 1 saturated heterocycles. The number of nitrogens with one attached hydrogen (secondary N) is 1. The van der Waals surface area contributed by atoms with E-state index in [2.05, 4.69) is 63.7 Å². The monoisotopic (exact) mass is 484 g/mol. The zero-order chi connectivity index (χ0) is 20.9. The lowest BCUT2D eigenvalue weighted by atomic mass is 9.65. The Bertz CT molecular complexity index is 1010. The first-order valence-electron chi connectivity index (χ1n) is 10.5. The molecule has 1 fully saturated rings. The van der Waals surface area contributed by atoms with Crippen LogP contribution in [0.1, 0.15) is 35.1 Å². The molecule has 1 atom stereocenters. The summed E-state index contributed by atoms with van der Waals surface area (Å²) in [6.07, 6.45) is 4.76. The highest BCUT2D eigenvalue weighted by Crippen LogP contribution is 2.59. The number of halogens is 1. The maximum Gasteiger partial charge on any atom is 0.259 e. The number of nitrogens with zero attached hydrogens (tertiary/aromatic N) is 1. The van der Waals surface area contributed by atoms with Gasteiger partial charge in [0.1, 0.15) is 0 Å². The van der Waals surface area contributed by atoms with Crippen LogP contribution in [0.25, 0.3) is 0 Å². The van der Waals surface area contributed by atoms with Gasteiger partial charge in [-0.05, 0) is 78.7 Å². The Morgan fingerprint density at radius 1 is 1.13 bits per heavy atom. The molecule has 30 heavy (non-hydrogen) atoms. The minimum absolute atomic E-state index is 0.0763. The number of rotatable bonds is 3. The highest BCUT2D eigenvalue weighted by atomic mass is 79.9. The van der Waals surface area contributed by atoms with Gasteiger partial charge in [-0.1, -0.05) is 46.3 Å². The largest absolute Gasteiger partial charge is 0.383 e. The minimum Gasteiger partial charge on any atom is -0.383 e. The molecule has 6 heteroatoms. The van der Waals surface area contributed by atoms with Gasteiger partial charge in [0.15, 0.2) is 10.7 Å². The van der Waals surface area contributed by atoms with Crippen molar-refractivity contribution in [1.82, 2.24) is 10.2 Å². The predicted octanol–water partition coefficient (Wildman–Crippen LogP) is 4.13. The Morgan fingerprint density at radius 2 is 1.83 bits per heavy atom. The number of hydrogen-bond acceptors (Lipinski definition) is 3. The molecule has 3 aliphatic rings. The Hall–Kier alpha value is -1.76. The number of ether oxygens (including phenoxy) is 1. The normalized spacial score (nSPS) is 24.1. The smallest absolute Gasteiger partial charge is 0.259 e. The van der Waals surface area contributed by atoms with Crippen LogP contribution in [-0.2, 0) is 34.3 Å². The van der Waals surface area contributed by atoms with Gasteiger partial charge in [0.2, 0.25) is 0 Å². The molecule has 0 saturated carbocycles. The Labute approximate surface area is 191 Å². The van der Waals surface area contributed by atoms with E-state index in [-0.39, 0.29) is 11.3 Å². The fraction of sp³-hybridized carbons (Fsp3) is 0.417. The van der Waals surface area contributed by atoms with Gasteiger partial charge >= 0.3 is 0 Å². The number of thiocarbonyl (C=S) groups is 1. The van der Waals surface area contributed by atoms with E-state index in [9.17, 15) is 4.79 Å². The number of carbonyl (C=O) groups is 1. The molecule has 2 spiro atoms. The molecule has 1 amide bonds. The zero-order valence-corrected chi connectivity index (χ0v) is 19.4. The third-order valence-corrected chi connectivity index (χ3v) is 8.10. The lowest BCUT2D eigenvalue weighted by molar-refractivity contribution is -0.137. The third-order valence-electron chi connectivity index (χ3n) is 7.29. The highest BCUT2D eigenvalue weighted by Gasteiger charge is 2.66. The van der Waals surface area contributed by atoms with Gasteiger partial charge in [0.05, 0.1) is 13.2 Å². The summed E-state index contributed by atoms with van der Waals surface area (Å²) in [6, 6.07) is 15.1. The minimum atomic E-state index is -0.807. The summed E-state index contributed by atoms with van der Waals surface area (Å²) < 4.78 is 6.24. The maximum atomic E-state index is 14.1. The highest BCUT2D eigenvalue weighted by molar-refractivity contribution is 9.10. The molecular weight excluding hydrogens is 460 g/mol. The van der Waals surface area contributed by atoms with Crippen molar-refractivity contribution in [3.63, 3.8) is 0 Å². The van der Waals surface area contributed by atoms with Crippen molar-refractivity contribution in [1.29, 1.82) is 0 Å². The molecule has 2 aliphatic carbocycles. The molecule has 1 aliphatic heterocycles. The van der Waals surface area contributed by atoms with E-state index in [0.717, 1.165) is 42.1 Å². The van der Waals surface area contributed by atoms with E-state index < -0.39 is 5.54 Å². The number of amides is 1. The Kier molecular flexibility index (Phi) is 4.99. The van der Waals surface area contributed by atoms with Crippen LogP contribution in [0, 0.1) is 5.41 Å². The molecule has 1 heterocycles. The lowest BCUT2D eigenvalue weighted by Crippen LogP contribution is -2.55. The number of hydrogen-bond donors (Lipinski definition) is 1. The molecular formula is C24H25BrN2O2S. The second-order valence-electron chi connectivity index (χ2n) is 8.66. The van der Waals surface area contributed by atoms with E-state index >= 15 is 0 Å². The molecule has 0 radical (unpaired) electrons. The van der Waals surface area contributed by atoms with Crippen LogP contribution in [0.2, 0.25) is 0 Å². The third kappa shape index (κ3) is 2.80. The molecule has 1 unspecified atom stereocenters. The topological polar surface area (TPSA) is 41.6 Å². The van der Waals surface area contributed by atoms with Gasteiger partial charge in [-0.25, -0.2) is 0 Å². The summed E-state index contributed by atoms with van der Waals surface area (Å²) in [4.78, 5) is 15.8. The van der Waals surface area contributed by atoms with Crippen molar-refractivity contribution in [2.75, 3.05) is 20.3 Å². The van der Waals surface area contributed by atoms with Gasteiger partial charge in [0.25, 0.3) is 5.91 Å². The Morgan fingerprint density at radius 3 is 2.50 bits per heavy atom. The quantitative estimate of drug-likeness (QED) is 0.665. The summed E-state index contributed by atoms with van der Waals surface area (Å²) in [5, 5.41) is 4.09. The van der Waals surface area contributed by atoms with Crippen molar-refractivity contribution < 1.29 is 9.53 Å². The molecule has 2 aromatic rings. The lowest BCUT2D eigenvalue weighted by Gasteiger charge is -2.42. The molecule has 0 aromatic heterocycles. The first kappa shape index (κ1) is 20.2. The summed E-state index contributed by atoms with van der Waals surface area (Å²) in [5.41, 5.74) is 4.13. The van der Waals surface area contributed by atoms with Gasteiger partial charge < -0.3 is 10.1 Å². The van der Waals surface area contributed by atoms with Crippen LogP contribution in [0.3, 0.4) is 0 Å². The van der Waals surface area contributed by atoms with Crippen LogP contribution in [0.4, 0.5) is 0 Å². The second-order valence-corrected chi connectivity index (χ2v) is 9.96. The first-order valence-corrected chi connectivity index (χ1v) is 11.7. The van der Waals surface area contributed by atoms with Crippen molar-refractivity contribution in [2.45, 2.75) is 37.6 Å². The van der Waals surface area contributed by atoms with Crippen LogP contribution < -0.4 is 5.32 Å². The molecule has 4 nitrogen and oxygen atoms in total. The van der Waals surface area contributed by atoms with Crippen molar-refractivity contribution in [3.05, 3.63) is 69.2 Å².